The molecule has 1 atom stereocenters. The summed E-state index contributed by atoms with van der Waals surface area (Å²) in [4.78, 5) is 13.4. The molecule has 1 fully saturated rings. The van der Waals surface area contributed by atoms with Crippen LogP contribution < -0.4 is 0 Å². The van der Waals surface area contributed by atoms with Gasteiger partial charge in [-0.1, -0.05) is 0 Å². The number of carbonyl (C=O) groups excluding carboxylic acids is 1. The maximum atomic E-state index is 12.7. The molecule has 0 radical (unpaired) electrons. The second kappa shape index (κ2) is 6.86. The van der Waals surface area contributed by atoms with Crippen molar-refractivity contribution in [3.8, 4) is 0 Å². The van der Waals surface area contributed by atoms with Crippen molar-refractivity contribution in [2.75, 3.05) is 26.3 Å². The Hall–Kier alpha value is -1.64. The Morgan fingerprint density at radius 1 is 1.48 bits per heavy atom. The van der Waals surface area contributed by atoms with E-state index in [4.69, 9.17) is 0 Å². The first-order valence-corrected chi connectivity index (χ1v) is 7.25. The van der Waals surface area contributed by atoms with E-state index >= 15 is 0 Å². The molecule has 5 nitrogen and oxygen atoms in total. The van der Waals surface area contributed by atoms with Gasteiger partial charge in [-0.3, -0.25) is 9.48 Å². The highest BCUT2D eigenvalue weighted by atomic mass is 19.3. The smallest absolute Gasteiger partial charge is 0.330 e. The van der Waals surface area contributed by atoms with Gasteiger partial charge in [-0.25, -0.2) is 8.78 Å². The number of hydrogen-bond acceptors (Lipinski definition) is 3. The Balaban J connectivity index is 1.82. The van der Waals surface area contributed by atoms with Gasteiger partial charge in [0.1, 0.15) is 13.2 Å². The van der Waals surface area contributed by atoms with Gasteiger partial charge >= 0.3 is 12.3 Å². The normalized spacial score (nSPS) is 18.9. The fraction of sp³-hybridized carbons (Fsp3) is 0.714. The number of likely N-dealkylation sites (tertiary alicyclic amines) is 1. The van der Waals surface area contributed by atoms with E-state index in [0.29, 0.717) is 19.5 Å². The van der Waals surface area contributed by atoms with Gasteiger partial charge in [0, 0.05) is 18.8 Å². The minimum Gasteiger partial charge on any atom is -0.365 e. The summed E-state index contributed by atoms with van der Waals surface area (Å²) in [6, 6.07) is 1.95. The molecular formula is C14H19F4N3O2. The van der Waals surface area contributed by atoms with Gasteiger partial charge in [0.05, 0.1) is 11.7 Å². The lowest BCUT2D eigenvalue weighted by molar-refractivity contribution is -0.170. The molecule has 0 aliphatic carbocycles. The molecule has 130 valence electrons. The number of nitrogens with zero attached hydrogens (tertiary/aromatic N) is 3. The lowest BCUT2D eigenvalue weighted by Gasteiger charge is -2.19. The van der Waals surface area contributed by atoms with E-state index in [9.17, 15) is 22.4 Å². The van der Waals surface area contributed by atoms with Gasteiger partial charge in [-0.15, -0.1) is 0 Å². The van der Waals surface area contributed by atoms with Crippen LogP contribution in [0.1, 0.15) is 23.9 Å². The molecule has 1 amide bonds. The number of aryl methyl sites for hydroxylation is 2. The number of alkyl halides is 4. The molecule has 0 aromatic carbocycles. The first kappa shape index (κ1) is 17.7. The lowest BCUT2D eigenvalue weighted by atomic mass is 10.2. The monoisotopic (exact) mass is 337 g/mol. The molecule has 2 rings (SSSR count). The van der Waals surface area contributed by atoms with Crippen LogP contribution in [-0.2, 0) is 9.53 Å². The summed E-state index contributed by atoms with van der Waals surface area (Å²) >= 11 is 0. The molecule has 0 bridgehead atoms. The maximum Gasteiger partial charge on any atom is 0.330 e. The number of carbonyl (C=O) groups is 1. The van der Waals surface area contributed by atoms with Crippen molar-refractivity contribution in [1.82, 2.24) is 14.7 Å². The van der Waals surface area contributed by atoms with Crippen LogP contribution in [0.2, 0.25) is 0 Å². The van der Waals surface area contributed by atoms with E-state index < -0.39 is 31.5 Å². The van der Waals surface area contributed by atoms with E-state index in [1.165, 1.54) is 4.90 Å². The average Bonchev–Trinajstić information content (AvgIpc) is 3.04. The fourth-order valence-corrected chi connectivity index (χ4v) is 2.61. The zero-order valence-electron chi connectivity index (χ0n) is 12.9. The molecule has 1 aromatic heterocycles. The van der Waals surface area contributed by atoms with Crippen LogP contribution in [0.15, 0.2) is 6.07 Å². The molecule has 1 aromatic rings. The number of aromatic nitrogens is 2. The predicted octanol–water partition coefficient (Wildman–Crippen LogP) is 2.19. The lowest BCUT2D eigenvalue weighted by Crippen LogP contribution is -2.36. The van der Waals surface area contributed by atoms with Crippen molar-refractivity contribution in [2.24, 2.45) is 0 Å². The quantitative estimate of drug-likeness (QED) is 0.748. The summed E-state index contributed by atoms with van der Waals surface area (Å²) < 4.78 is 55.6. The van der Waals surface area contributed by atoms with Crippen LogP contribution in [0.25, 0.3) is 0 Å². The van der Waals surface area contributed by atoms with Gasteiger partial charge < -0.3 is 9.64 Å². The maximum absolute atomic E-state index is 12.7. The van der Waals surface area contributed by atoms with Crippen LogP contribution in [-0.4, -0.2) is 59.2 Å². The number of rotatable bonds is 6. The van der Waals surface area contributed by atoms with Crippen molar-refractivity contribution in [1.29, 1.82) is 0 Å². The van der Waals surface area contributed by atoms with Crippen molar-refractivity contribution < 1.29 is 27.1 Å². The van der Waals surface area contributed by atoms with Crippen LogP contribution in [0.4, 0.5) is 17.6 Å². The zero-order valence-corrected chi connectivity index (χ0v) is 12.9. The highest BCUT2D eigenvalue weighted by Gasteiger charge is 2.41. The van der Waals surface area contributed by atoms with E-state index in [1.807, 2.05) is 24.6 Å². The summed E-state index contributed by atoms with van der Waals surface area (Å²) in [6.07, 6.45) is -3.11. The SMILES string of the molecule is Cc1cc(C)n([C@H]2CCN(C(=O)COCC(F)(F)C(F)F)C2)n1. The van der Waals surface area contributed by atoms with E-state index in [-0.39, 0.29) is 6.04 Å². The second-order valence-corrected chi connectivity index (χ2v) is 5.71. The second-order valence-electron chi connectivity index (χ2n) is 5.71. The standard InChI is InChI=1S/C14H19F4N3O2/c1-9-5-10(2)21(19-9)11-3-4-20(6-11)12(22)7-23-8-14(17,18)13(15)16/h5,11,13H,3-4,6-8H2,1-2H3/t11-/m0/s1. The summed E-state index contributed by atoms with van der Waals surface area (Å²) in [5.74, 6) is -4.73. The summed E-state index contributed by atoms with van der Waals surface area (Å²) in [5, 5.41) is 4.36. The van der Waals surface area contributed by atoms with E-state index in [1.54, 1.807) is 0 Å². The first-order valence-electron chi connectivity index (χ1n) is 7.25. The van der Waals surface area contributed by atoms with Gasteiger partial charge in [0.25, 0.3) is 0 Å². The van der Waals surface area contributed by atoms with Crippen molar-refractivity contribution in [2.45, 2.75) is 38.7 Å². The van der Waals surface area contributed by atoms with E-state index in [2.05, 4.69) is 9.84 Å². The molecular weight excluding hydrogens is 318 g/mol. The summed E-state index contributed by atoms with van der Waals surface area (Å²) in [6.45, 7) is 2.54. The minimum atomic E-state index is -4.24. The third-order valence-electron chi connectivity index (χ3n) is 3.75. The van der Waals surface area contributed by atoms with E-state index in [0.717, 1.165) is 11.4 Å². The Morgan fingerprint density at radius 2 is 2.17 bits per heavy atom. The summed E-state index contributed by atoms with van der Waals surface area (Å²) in [7, 11) is 0. The van der Waals surface area contributed by atoms with Gasteiger partial charge in [-0.2, -0.15) is 13.9 Å². The topological polar surface area (TPSA) is 47.4 Å². The molecule has 0 unspecified atom stereocenters. The first-order chi connectivity index (χ1) is 10.7. The molecule has 0 saturated carbocycles. The number of ether oxygens (including phenoxy) is 1. The van der Waals surface area contributed by atoms with Gasteiger partial charge in [-0.05, 0) is 26.3 Å². The predicted molar refractivity (Wildman–Crippen MR) is 73.7 cm³/mol. The Bertz CT molecular complexity index is 562. The fourth-order valence-electron chi connectivity index (χ4n) is 2.61. The van der Waals surface area contributed by atoms with Crippen LogP contribution >= 0.6 is 0 Å². The van der Waals surface area contributed by atoms with Crippen molar-refractivity contribution in [3.05, 3.63) is 17.5 Å². The Kier molecular flexibility index (Phi) is 5.28. The highest BCUT2D eigenvalue weighted by Crippen LogP contribution is 2.24. The molecule has 0 spiro atoms. The van der Waals surface area contributed by atoms with Crippen molar-refractivity contribution >= 4 is 5.91 Å². The Labute approximate surface area is 131 Å². The molecule has 0 N–H and O–H groups in total. The van der Waals surface area contributed by atoms with Gasteiger partial charge in [0.15, 0.2) is 0 Å². The van der Waals surface area contributed by atoms with Gasteiger partial charge in [0.2, 0.25) is 5.91 Å². The number of halogens is 4. The number of amides is 1. The molecule has 1 saturated heterocycles. The minimum absolute atomic E-state index is 0.0233. The Morgan fingerprint density at radius 3 is 2.74 bits per heavy atom. The van der Waals surface area contributed by atoms with Crippen LogP contribution in [0, 0.1) is 13.8 Å². The molecule has 9 heteroatoms. The molecule has 23 heavy (non-hydrogen) atoms. The average molecular weight is 337 g/mol. The zero-order chi connectivity index (χ0) is 17.2. The molecule has 2 heterocycles. The third-order valence-corrected chi connectivity index (χ3v) is 3.75. The number of hydrogen-bond donors (Lipinski definition) is 0. The highest BCUT2D eigenvalue weighted by molar-refractivity contribution is 5.77. The van der Waals surface area contributed by atoms with Crippen LogP contribution in [0.3, 0.4) is 0 Å². The molecule has 1 aliphatic heterocycles. The largest absolute Gasteiger partial charge is 0.365 e. The summed E-state index contributed by atoms with van der Waals surface area (Å²) in [5.41, 5.74) is 1.86. The van der Waals surface area contributed by atoms with Crippen molar-refractivity contribution in [3.63, 3.8) is 0 Å². The van der Waals surface area contributed by atoms with Crippen LogP contribution in [0.5, 0.6) is 0 Å². The third kappa shape index (κ3) is 4.21. The molecule has 1 aliphatic rings.